The van der Waals surface area contributed by atoms with Crippen LogP contribution in [0.5, 0.6) is 11.5 Å². The van der Waals surface area contributed by atoms with Crippen LogP contribution in [0.1, 0.15) is 48.7 Å². The molecule has 3 heterocycles. The Kier molecular flexibility index (Phi) is 5.52. The molecule has 33 heavy (non-hydrogen) atoms. The van der Waals surface area contributed by atoms with Crippen molar-refractivity contribution >= 4 is 11.9 Å². The third-order valence-corrected chi connectivity index (χ3v) is 7.13. The van der Waals surface area contributed by atoms with Gasteiger partial charge in [0.05, 0.1) is 12.2 Å². The maximum absolute atomic E-state index is 13.2. The van der Waals surface area contributed by atoms with Crippen LogP contribution in [0, 0.1) is 11.8 Å². The lowest BCUT2D eigenvalue weighted by molar-refractivity contribution is -0.184. The highest BCUT2D eigenvalue weighted by molar-refractivity contribution is 5.94. The number of ether oxygens (including phenoxy) is 3. The van der Waals surface area contributed by atoms with Gasteiger partial charge in [-0.1, -0.05) is 24.3 Å². The fraction of sp³-hybridized carbons (Fsp3) is 0.462. The van der Waals surface area contributed by atoms with Gasteiger partial charge in [0, 0.05) is 36.1 Å². The molecular weight excluding hydrogens is 422 g/mol. The summed E-state index contributed by atoms with van der Waals surface area (Å²) in [5.74, 6) is 0.601. The van der Waals surface area contributed by atoms with Crippen LogP contribution < -0.4 is 9.47 Å². The summed E-state index contributed by atoms with van der Waals surface area (Å²) in [5.41, 5.74) is 1.27. The van der Waals surface area contributed by atoms with Crippen molar-refractivity contribution in [1.82, 2.24) is 4.90 Å². The minimum absolute atomic E-state index is 0.0107. The van der Waals surface area contributed by atoms with Crippen molar-refractivity contribution in [3.05, 3.63) is 59.7 Å². The highest BCUT2D eigenvalue weighted by Crippen LogP contribution is 2.52. The second-order valence-corrected chi connectivity index (χ2v) is 9.69. The van der Waals surface area contributed by atoms with E-state index in [1.54, 1.807) is 24.3 Å². The molecule has 7 nitrogen and oxygen atoms in total. The molecule has 0 unspecified atom stereocenters. The number of carbonyl (C=O) groups excluding carboxylic acids is 1. The first-order valence-electron chi connectivity index (χ1n) is 11.5. The number of benzene rings is 2. The average molecular weight is 452 g/mol. The van der Waals surface area contributed by atoms with E-state index in [2.05, 4.69) is 19.9 Å². The summed E-state index contributed by atoms with van der Waals surface area (Å²) in [5, 5.41) is 8.82. The number of piperidine rings is 1. The molecule has 5 rings (SSSR count). The predicted octanol–water partition coefficient (Wildman–Crippen LogP) is 3.93. The summed E-state index contributed by atoms with van der Waals surface area (Å²) >= 11 is 0. The zero-order chi connectivity index (χ0) is 23.2. The van der Waals surface area contributed by atoms with Gasteiger partial charge in [-0.2, -0.15) is 0 Å². The Labute approximate surface area is 193 Å². The molecular formula is C26H29NO6. The molecule has 1 N–H and O–H groups in total. The van der Waals surface area contributed by atoms with Gasteiger partial charge in [0.25, 0.3) is 5.91 Å². The molecule has 0 radical (unpaired) electrons. The number of hydrogen-bond donors (Lipinski definition) is 1. The van der Waals surface area contributed by atoms with Gasteiger partial charge in [0.2, 0.25) is 0 Å². The standard InChI is InChI=1S/C26H29NO6/c1-26(2)20-13-17-14-27(25(30)16-6-5-7-18(12-16)31-15-23(28)29)11-10-21(17)32-24(20)19-8-3-4-9-22(19)33-26/h3-9,12,17,20-21,24H,10-11,13-15H2,1-2H3,(H,28,29)/t17-,20-,21-,24+/m1/s1. The molecule has 0 spiro atoms. The number of aliphatic carboxylic acids is 1. The van der Waals surface area contributed by atoms with E-state index in [0.29, 0.717) is 24.4 Å². The Balaban J connectivity index is 1.31. The smallest absolute Gasteiger partial charge is 0.341 e. The van der Waals surface area contributed by atoms with Crippen LogP contribution in [-0.4, -0.2) is 53.3 Å². The Bertz CT molecular complexity index is 1070. The Morgan fingerprint density at radius 3 is 2.82 bits per heavy atom. The van der Waals surface area contributed by atoms with E-state index >= 15 is 0 Å². The lowest BCUT2D eigenvalue weighted by Crippen LogP contribution is -2.56. The van der Waals surface area contributed by atoms with Crippen molar-refractivity contribution in [3.63, 3.8) is 0 Å². The van der Waals surface area contributed by atoms with Gasteiger partial charge in [-0.25, -0.2) is 4.79 Å². The number of hydrogen-bond acceptors (Lipinski definition) is 5. The summed E-state index contributed by atoms with van der Waals surface area (Å²) in [6, 6.07) is 14.9. The summed E-state index contributed by atoms with van der Waals surface area (Å²) in [6.07, 6.45) is 1.85. The van der Waals surface area contributed by atoms with Gasteiger partial charge in [0.1, 0.15) is 17.1 Å². The lowest BCUT2D eigenvalue weighted by Gasteiger charge is -2.53. The average Bonchev–Trinajstić information content (AvgIpc) is 2.81. The van der Waals surface area contributed by atoms with Gasteiger partial charge in [-0.15, -0.1) is 0 Å². The topological polar surface area (TPSA) is 85.3 Å². The number of nitrogens with zero attached hydrogens (tertiary/aromatic N) is 1. The maximum Gasteiger partial charge on any atom is 0.341 e. The number of carboxylic acids is 1. The predicted molar refractivity (Wildman–Crippen MR) is 120 cm³/mol. The summed E-state index contributed by atoms with van der Waals surface area (Å²) < 4.78 is 18.3. The fourth-order valence-electron chi connectivity index (χ4n) is 5.49. The van der Waals surface area contributed by atoms with Crippen LogP contribution in [-0.2, 0) is 9.53 Å². The Morgan fingerprint density at radius 2 is 2.00 bits per heavy atom. The van der Waals surface area contributed by atoms with Crippen LogP contribution in [0.2, 0.25) is 0 Å². The second kappa shape index (κ2) is 8.37. The van der Waals surface area contributed by atoms with Gasteiger partial charge >= 0.3 is 5.97 Å². The molecule has 1 amide bonds. The normalized spacial score (nSPS) is 27.4. The van der Waals surface area contributed by atoms with Crippen LogP contribution in [0.25, 0.3) is 0 Å². The van der Waals surface area contributed by atoms with Crippen LogP contribution in [0.3, 0.4) is 0 Å². The van der Waals surface area contributed by atoms with Gasteiger partial charge < -0.3 is 24.2 Å². The summed E-state index contributed by atoms with van der Waals surface area (Å²) in [6.45, 7) is 5.06. The van der Waals surface area contributed by atoms with E-state index in [1.165, 1.54) is 0 Å². The molecule has 174 valence electrons. The van der Waals surface area contributed by atoms with E-state index in [1.807, 2.05) is 23.1 Å². The van der Waals surface area contributed by atoms with E-state index in [9.17, 15) is 9.59 Å². The minimum atomic E-state index is -1.05. The maximum atomic E-state index is 13.2. The molecule has 7 heteroatoms. The number of amides is 1. The quantitative estimate of drug-likeness (QED) is 0.758. The number of rotatable bonds is 4. The molecule has 0 saturated carbocycles. The zero-order valence-corrected chi connectivity index (χ0v) is 18.9. The molecule has 4 atom stereocenters. The fourth-order valence-corrected chi connectivity index (χ4v) is 5.49. The molecule has 2 aromatic rings. The highest BCUT2D eigenvalue weighted by atomic mass is 16.5. The number of carbonyl (C=O) groups is 2. The first-order chi connectivity index (χ1) is 15.8. The van der Waals surface area contributed by atoms with Crippen molar-refractivity contribution in [1.29, 1.82) is 0 Å². The van der Waals surface area contributed by atoms with Gasteiger partial charge in [0.15, 0.2) is 6.61 Å². The molecule has 0 aliphatic carbocycles. The molecule has 0 bridgehead atoms. The first-order valence-corrected chi connectivity index (χ1v) is 11.5. The van der Waals surface area contributed by atoms with Crippen LogP contribution >= 0.6 is 0 Å². The van der Waals surface area contributed by atoms with E-state index < -0.39 is 12.6 Å². The number of carboxylic acid groups (broad SMARTS) is 1. The second-order valence-electron chi connectivity index (χ2n) is 9.69. The SMILES string of the molecule is CC1(C)Oc2ccccc2[C@@H]2O[C@@H]3CCN(C(=O)c4cccc(OCC(=O)O)c4)C[C@H]3C[C@H]21. The molecule has 2 fully saturated rings. The zero-order valence-electron chi connectivity index (χ0n) is 18.9. The van der Waals surface area contributed by atoms with Crippen LogP contribution in [0.15, 0.2) is 48.5 Å². The number of para-hydroxylation sites is 1. The minimum Gasteiger partial charge on any atom is -0.487 e. The monoisotopic (exact) mass is 451 g/mol. The Morgan fingerprint density at radius 1 is 1.18 bits per heavy atom. The number of fused-ring (bicyclic) bond motifs is 4. The molecule has 2 aromatic carbocycles. The largest absolute Gasteiger partial charge is 0.487 e. The third kappa shape index (κ3) is 4.17. The van der Waals surface area contributed by atoms with Gasteiger partial charge in [-0.3, -0.25) is 4.79 Å². The molecule has 2 saturated heterocycles. The Hall–Kier alpha value is -3.06. The summed E-state index contributed by atoms with van der Waals surface area (Å²) in [7, 11) is 0. The van der Waals surface area contributed by atoms with Crippen molar-refractivity contribution in [2.24, 2.45) is 11.8 Å². The third-order valence-electron chi connectivity index (χ3n) is 7.13. The first kappa shape index (κ1) is 21.8. The van der Waals surface area contributed by atoms with Crippen molar-refractivity contribution in [3.8, 4) is 11.5 Å². The van der Waals surface area contributed by atoms with E-state index in [4.69, 9.17) is 19.3 Å². The molecule has 3 aliphatic heterocycles. The van der Waals surface area contributed by atoms with E-state index in [0.717, 1.165) is 24.2 Å². The van der Waals surface area contributed by atoms with Gasteiger partial charge in [-0.05, 0) is 51.0 Å². The molecule has 0 aromatic heterocycles. The highest BCUT2D eigenvalue weighted by Gasteiger charge is 2.51. The van der Waals surface area contributed by atoms with Crippen LogP contribution in [0.4, 0.5) is 0 Å². The summed E-state index contributed by atoms with van der Waals surface area (Å²) in [4.78, 5) is 25.9. The van der Waals surface area contributed by atoms with Crippen molar-refractivity contribution in [2.75, 3.05) is 19.7 Å². The van der Waals surface area contributed by atoms with Crippen molar-refractivity contribution in [2.45, 2.75) is 44.5 Å². The molecule has 3 aliphatic rings. The lowest BCUT2D eigenvalue weighted by atomic mass is 9.70. The number of likely N-dealkylation sites (tertiary alicyclic amines) is 1. The van der Waals surface area contributed by atoms with E-state index in [-0.39, 0.29) is 35.6 Å². The van der Waals surface area contributed by atoms with Crippen molar-refractivity contribution < 1.29 is 28.9 Å².